The molecular formula is C15H16F3N3O5. The highest BCUT2D eigenvalue weighted by Gasteiger charge is 2.34. The molecule has 142 valence electrons. The molecule has 2 aliphatic heterocycles. The third-order valence-corrected chi connectivity index (χ3v) is 3.59. The first kappa shape index (κ1) is 19.3. The Labute approximate surface area is 145 Å². The molecule has 1 unspecified atom stereocenters. The van der Waals surface area contributed by atoms with Gasteiger partial charge in [0.2, 0.25) is 0 Å². The molecule has 8 nitrogen and oxygen atoms in total. The van der Waals surface area contributed by atoms with Gasteiger partial charge in [0, 0.05) is 13.6 Å². The van der Waals surface area contributed by atoms with E-state index in [1.807, 2.05) is 0 Å². The van der Waals surface area contributed by atoms with Gasteiger partial charge in [0.25, 0.3) is 0 Å². The second-order valence-corrected chi connectivity index (χ2v) is 5.47. The topological polar surface area (TPSA) is 111 Å². The molecule has 0 saturated heterocycles. The Morgan fingerprint density at radius 2 is 1.96 bits per heavy atom. The molecule has 2 heterocycles. The third kappa shape index (κ3) is 4.55. The number of halogens is 3. The first-order valence-electron chi connectivity index (χ1n) is 7.43. The number of aliphatic carboxylic acids is 2. The van der Waals surface area contributed by atoms with Crippen LogP contribution in [0.4, 0.5) is 18.9 Å². The van der Waals surface area contributed by atoms with E-state index in [4.69, 9.17) is 24.5 Å². The van der Waals surface area contributed by atoms with Crippen molar-refractivity contribution in [1.29, 1.82) is 0 Å². The average molecular weight is 375 g/mol. The number of benzene rings is 1. The van der Waals surface area contributed by atoms with Crippen LogP contribution in [0, 0.1) is 0 Å². The lowest BCUT2D eigenvalue weighted by Gasteiger charge is -2.34. The van der Waals surface area contributed by atoms with Gasteiger partial charge in [-0.2, -0.15) is 13.2 Å². The number of fused-ring (bicyclic) bond motifs is 1. The Kier molecular flexibility index (Phi) is 5.58. The SMILES string of the molecule is CN1CC(C2=NCCN2)Oc2ccc(C(F)(F)F)cc21.O=C(O)C(=O)O. The maximum absolute atomic E-state index is 12.7. The summed E-state index contributed by atoms with van der Waals surface area (Å²) < 4.78 is 43.9. The third-order valence-electron chi connectivity index (χ3n) is 3.59. The summed E-state index contributed by atoms with van der Waals surface area (Å²) in [6.45, 7) is 1.96. The lowest BCUT2D eigenvalue weighted by molar-refractivity contribution is -0.159. The molecule has 0 aromatic heterocycles. The number of rotatable bonds is 1. The van der Waals surface area contributed by atoms with E-state index in [1.54, 1.807) is 11.9 Å². The minimum Gasteiger partial charge on any atom is -0.478 e. The van der Waals surface area contributed by atoms with E-state index in [-0.39, 0.29) is 6.10 Å². The molecule has 3 N–H and O–H groups in total. The van der Waals surface area contributed by atoms with Gasteiger partial charge in [-0.25, -0.2) is 9.59 Å². The molecule has 0 bridgehead atoms. The molecule has 0 saturated carbocycles. The zero-order valence-corrected chi connectivity index (χ0v) is 13.6. The number of carboxylic acids is 2. The van der Waals surface area contributed by atoms with Gasteiger partial charge < -0.3 is 25.2 Å². The van der Waals surface area contributed by atoms with E-state index >= 15 is 0 Å². The van der Waals surface area contributed by atoms with Crippen molar-refractivity contribution in [2.75, 3.05) is 31.6 Å². The fourth-order valence-corrected chi connectivity index (χ4v) is 2.40. The molecule has 2 aliphatic rings. The Hall–Kier alpha value is -2.98. The zero-order chi connectivity index (χ0) is 19.5. The molecule has 1 aromatic rings. The van der Waals surface area contributed by atoms with Crippen LogP contribution in [0.15, 0.2) is 23.2 Å². The van der Waals surface area contributed by atoms with Gasteiger partial charge >= 0.3 is 18.1 Å². The van der Waals surface area contributed by atoms with Gasteiger partial charge in [-0.1, -0.05) is 0 Å². The van der Waals surface area contributed by atoms with Crippen LogP contribution in [0.5, 0.6) is 5.75 Å². The standard InChI is InChI=1S/C13H14F3N3O.C2H2O4/c1-19-7-11(12-17-4-5-18-12)20-10-3-2-8(6-9(10)19)13(14,15)16;3-1(4)2(5)6/h2-3,6,11H,4-5,7H2,1H3,(H,17,18);(H,3,4)(H,5,6). The first-order chi connectivity index (χ1) is 12.1. The number of alkyl halides is 3. The molecule has 11 heteroatoms. The molecule has 26 heavy (non-hydrogen) atoms. The van der Waals surface area contributed by atoms with Crippen LogP contribution >= 0.6 is 0 Å². The summed E-state index contributed by atoms with van der Waals surface area (Å²) in [5.74, 6) is -2.43. The molecule has 0 fully saturated rings. The van der Waals surface area contributed by atoms with Crippen molar-refractivity contribution in [3.8, 4) is 5.75 Å². The second-order valence-electron chi connectivity index (χ2n) is 5.47. The van der Waals surface area contributed by atoms with Crippen LogP contribution in [-0.2, 0) is 15.8 Å². The van der Waals surface area contributed by atoms with Gasteiger partial charge in [-0.15, -0.1) is 0 Å². The maximum Gasteiger partial charge on any atom is 0.416 e. The van der Waals surface area contributed by atoms with E-state index in [9.17, 15) is 13.2 Å². The summed E-state index contributed by atoms with van der Waals surface area (Å²) >= 11 is 0. The van der Waals surface area contributed by atoms with Crippen LogP contribution in [-0.4, -0.2) is 60.8 Å². The summed E-state index contributed by atoms with van der Waals surface area (Å²) in [4.78, 5) is 24.3. The normalized spacial score (nSPS) is 18.5. The van der Waals surface area contributed by atoms with Crippen molar-refractivity contribution in [2.24, 2.45) is 4.99 Å². The lowest BCUT2D eigenvalue weighted by Crippen LogP contribution is -2.46. The van der Waals surface area contributed by atoms with Crippen molar-refractivity contribution in [2.45, 2.75) is 12.3 Å². The number of hydrogen-bond acceptors (Lipinski definition) is 6. The number of amidine groups is 1. The van der Waals surface area contributed by atoms with Gasteiger partial charge in [-0.3, -0.25) is 4.99 Å². The van der Waals surface area contributed by atoms with E-state index in [0.717, 1.165) is 24.5 Å². The number of anilines is 1. The molecule has 0 amide bonds. The van der Waals surface area contributed by atoms with Crippen LogP contribution in [0.3, 0.4) is 0 Å². The number of hydrogen-bond donors (Lipinski definition) is 3. The zero-order valence-electron chi connectivity index (χ0n) is 13.6. The second kappa shape index (κ2) is 7.50. The number of likely N-dealkylation sites (N-methyl/N-ethyl adjacent to an activating group) is 1. The van der Waals surface area contributed by atoms with Crippen LogP contribution in [0.2, 0.25) is 0 Å². The van der Waals surface area contributed by atoms with Crippen LogP contribution in [0.1, 0.15) is 5.56 Å². The average Bonchev–Trinajstić information content (AvgIpc) is 3.08. The first-order valence-corrected chi connectivity index (χ1v) is 7.43. The summed E-state index contributed by atoms with van der Waals surface area (Å²) in [5.41, 5.74) is -0.212. The Balaban J connectivity index is 0.000000352. The van der Waals surface area contributed by atoms with E-state index in [1.165, 1.54) is 6.07 Å². The predicted molar refractivity (Wildman–Crippen MR) is 84.7 cm³/mol. The maximum atomic E-state index is 12.7. The molecule has 1 aromatic carbocycles. The molecule has 3 rings (SSSR count). The smallest absolute Gasteiger partial charge is 0.416 e. The summed E-state index contributed by atoms with van der Waals surface area (Å²) in [7, 11) is 1.75. The molecule has 0 radical (unpaired) electrons. The Morgan fingerprint density at radius 1 is 1.31 bits per heavy atom. The molecule has 0 spiro atoms. The monoisotopic (exact) mass is 375 g/mol. The molecule has 0 aliphatic carbocycles. The minimum absolute atomic E-state index is 0.258. The number of ether oxygens (including phenoxy) is 1. The summed E-state index contributed by atoms with van der Waals surface area (Å²) in [6, 6.07) is 3.53. The minimum atomic E-state index is -4.34. The lowest BCUT2D eigenvalue weighted by atomic mass is 10.1. The number of carboxylic acid groups (broad SMARTS) is 2. The highest BCUT2D eigenvalue weighted by molar-refractivity contribution is 6.27. The summed E-state index contributed by atoms with van der Waals surface area (Å²) in [6.07, 6.45) is -4.60. The van der Waals surface area contributed by atoms with Crippen molar-refractivity contribution in [3.63, 3.8) is 0 Å². The number of nitrogens with one attached hydrogen (secondary N) is 1. The Morgan fingerprint density at radius 3 is 2.46 bits per heavy atom. The highest BCUT2D eigenvalue weighted by atomic mass is 19.4. The van der Waals surface area contributed by atoms with Crippen molar-refractivity contribution >= 4 is 23.5 Å². The fraction of sp³-hybridized carbons (Fsp3) is 0.400. The molecule has 1 atom stereocenters. The van der Waals surface area contributed by atoms with Crippen molar-refractivity contribution in [3.05, 3.63) is 23.8 Å². The van der Waals surface area contributed by atoms with Crippen molar-refractivity contribution < 1.29 is 37.7 Å². The number of carbonyl (C=O) groups is 2. The van der Waals surface area contributed by atoms with E-state index < -0.39 is 23.7 Å². The van der Waals surface area contributed by atoms with Gasteiger partial charge in [0.1, 0.15) is 11.6 Å². The van der Waals surface area contributed by atoms with Gasteiger partial charge in [0.15, 0.2) is 6.10 Å². The van der Waals surface area contributed by atoms with Gasteiger partial charge in [-0.05, 0) is 18.2 Å². The summed E-state index contributed by atoms with van der Waals surface area (Å²) in [5, 5.41) is 17.9. The quantitative estimate of drug-likeness (QED) is 0.630. The highest BCUT2D eigenvalue weighted by Crippen LogP contribution is 2.38. The number of aliphatic imine (C=N–C) groups is 1. The largest absolute Gasteiger partial charge is 0.478 e. The number of nitrogens with zero attached hydrogens (tertiary/aromatic N) is 2. The Bertz CT molecular complexity index is 724. The van der Waals surface area contributed by atoms with E-state index in [2.05, 4.69) is 10.3 Å². The van der Waals surface area contributed by atoms with Gasteiger partial charge in [0.05, 0.1) is 24.3 Å². The van der Waals surface area contributed by atoms with Crippen LogP contribution < -0.4 is 15.0 Å². The van der Waals surface area contributed by atoms with Crippen molar-refractivity contribution in [1.82, 2.24) is 5.32 Å². The van der Waals surface area contributed by atoms with Crippen LogP contribution in [0.25, 0.3) is 0 Å². The fourth-order valence-electron chi connectivity index (χ4n) is 2.40. The van der Waals surface area contributed by atoms with E-state index in [0.29, 0.717) is 24.5 Å². The predicted octanol–water partition coefficient (Wildman–Crippen LogP) is 1.06. The molecular weight excluding hydrogens is 359 g/mol.